The second-order valence-electron chi connectivity index (χ2n) is 3.88. The summed E-state index contributed by atoms with van der Waals surface area (Å²) in [4.78, 5) is 2.01. The highest BCUT2D eigenvalue weighted by atomic mass is 15.1. The molecule has 0 amide bonds. The second kappa shape index (κ2) is 10.2. The molecule has 0 aromatic heterocycles. The standard InChI is InChI=1S/C10H21N4.C2H6/c1-12(2)7-10(8-13(3)4)11-9-14(5)6;1-2/h7-9H,1-6H3;1-2H3/q+1;/p+1. The molecule has 0 rings (SSSR count). The van der Waals surface area contributed by atoms with E-state index < -0.39 is 0 Å². The SMILES string of the molecule is CC.CN(C)/C=C(/C=[N+](C)C)NC=[N+](C)C. The van der Waals surface area contributed by atoms with Crippen molar-refractivity contribution in [1.29, 1.82) is 0 Å². The van der Waals surface area contributed by atoms with Gasteiger partial charge in [0.15, 0.2) is 0 Å². The van der Waals surface area contributed by atoms with Gasteiger partial charge in [-0.3, -0.25) is 4.58 Å². The van der Waals surface area contributed by atoms with E-state index in [9.17, 15) is 0 Å². The Kier molecular flexibility index (Phi) is 10.9. The third kappa shape index (κ3) is 12.7. The van der Waals surface area contributed by atoms with Gasteiger partial charge in [0.25, 0.3) is 0 Å². The Morgan fingerprint density at radius 1 is 1.00 bits per heavy atom. The molecular formula is C12H28N4+2. The van der Waals surface area contributed by atoms with Crippen LogP contribution in [-0.4, -0.2) is 68.9 Å². The third-order valence-electron chi connectivity index (χ3n) is 1.28. The summed E-state index contributed by atoms with van der Waals surface area (Å²) < 4.78 is 3.97. The fourth-order valence-corrected chi connectivity index (χ4v) is 0.868. The number of allylic oxidation sites excluding steroid dienone is 1. The fourth-order valence-electron chi connectivity index (χ4n) is 0.868. The summed E-state index contributed by atoms with van der Waals surface area (Å²) in [5.41, 5.74) is 1.05. The summed E-state index contributed by atoms with van der Waals surface area (Å²) in [5.74, 6) is 0. The summed E-state index contributed by atoms with van der Waals surface area (Å²) in [6, 6.07) is 0. The molecule has 0 atom stereocenters. The highest BCUT2D eigenvalue weighted by molar-refractivity contribution is 5.77. The normalized spacial score (nSPS) is 9.62. The van der Waals surface area contributed by atoms with Crippen LogP contribution in [0.1, 0.15) is 13.8 Å². The molecule has 0 aliphatic rings. The molecule has 16 heavy (non-hydrogen) atoms. The Bertz CT molecular complexity index is 254. The van der Waals surface area contributed by atoms with Crippen molar-refractivity contribution in [2.24, 2.45) is 0 Å². The van der Waals surface area contributed by atoms with Crippen molar-refractivity contribution in [3.05, 3.63) is 11.9 Å². The maximum atomic E-state index is 3.20. The number of hydrogen-bond acceptors (Lipinski definition) is 1. The van der Waals surface area contributed by atoms with Crippen LogP contribution in [-0.2, 0) is 0 Å². The topological polar surface area (TPSA) is 21.3 Å². The van der Waals surface area contributed by atoms with Crippen LogP contribution in [0.4, 0.5) is 0 Å². The molecule has 0 fully saturated rings. The van der Waals surface area contributed by atoms with Crippen LogP contribution < -0.4 is 5.32 Å². The molecule has 0 bridgehead atoms. The van der Waals surface area contributed by atoms with Gasteiger partial charge in [-0.25, -0.2) is 9.89 Å². The van der Waals surface area contributed by atoms with E-state index in [2.05, 4.69) is 5.32 Å². The third-order valence-corrected chi connectivity index (χ3v) is 1.28. The van der Waals surface area contributed by atoms with Gasteiger partial charge in [-0.1, -0.05) is 13.8 Å². The lowest BCUT2D eigenvalue weighted by Crippen LogP contribution is -2.22. The van der Waals surface area contributed by atoms with Gasteiger partial charge in [0, 0.05) is 14.1 Å². The molecule has 0 aromatic rings. The molecule has 0 unspecified atom stereocenters. The summed E-state index contributed by atoms with van der Waals surface area (Å²) in [6.45, 7) is 4.00. The molecule has 0 saturated heterocycles. The highest BCUT2D eigenvalue weighted by Gasteiger charge is 2.01. The Labute approximate surface area is 101 Å². The Morgan fingerprint density at radius 2 is 1.50 bits per heavy atom. The minimum atomic E-state index is 1.05. The van der Waals surface area contributed by atoms with Crippen molar-refractivity contribution in [3.63, 3.8) is 0 Å². The first-order valence-corrected chi connectivity index (χ1v) is 5.57. The number of rotatable bonds is 4. The van der Waals surface area contributed by atoms with E-state index in [0.717, 1.165) is 5.70 Å². The zero-order valence-electron chi connectivity index (χ0n) is 12.1. The second-order valence-corrected chi connectivity index (χ2v) is 3.88. The molecule has 1 N–H and O–H groups in total. The van der Waals surface area contributed by atoms with Crippen LogP contribution in [0.15, 0.2) is 11.9 Å². The van der Waals surface area contributed by atoms with Crippen LogP contribution in [0.2, 0.25) is 0 Å². The number of nitrogens with one attached hydrogen (secondary N) is 1. The lowest BCUT2D eigenvalue weighted by molar-refractivity contribution is -0.462. The molecule has 0 saturated carbocycles. The van der Waals surface area contributed by atoms with E-state index in [1.54, 1.807) is 0 Å². The fraction of sp³-hybridized carbons (Fsp3) is 0.667. The summed E-state index contributed by atoms with van der Waals surface area (Å²) in [5, 5.41) is 3.20. The molecule has 0 aromatic carbocycles. The largest absolute Gasteiger partial charge is 0.380 e. The van der Waals surface area contributed by atoms with Crippen LogP contribution in [0.5, 0.6) is 0 Å². The number of hydrogen-bond donors (Lipinski definition) is 1. The van der Waals surface area contributed by atoms with E-state index >= 15 is 0 Å². The maximum absolute atomic E-state index is 3.20. The van der Waals surface area contributed by atoms with Crippen molar-refractivity contribution >= 4 is 12.6 Å². The van der Waals surface area contributed by atoms with Crippen LogP contribution in [0, 0.1) is 0 Å². The van der Waals surface area contributed by atoms with Crippen LogP contribution in [0.25, 0.3) is 0 Å². The van der Waals surface area contributed by atoms with Crippen molar-refractivity contribution in [3.8, 4) is 0 Å². The predicted octanol–water partition coefficient (Wildman–Crippen LogP) is 0.649. The maximum Gasteiger partial charge on any atom is 0.236 e. The monoisotopic (exact) mass is 228 g/mol. The van der Waals surface area contributed by atoms with Crippen molar-refractivity contribution in [1.82, 2.24) is 10.2 Å². The summed E-state index contributed by atoms with van der Waals surface area (Å²) in [6.07, 6.45) is 5.97. The van der Waals surface area contributed by atoms with Gasteiger partial charge >= 0.3 is 0 Å². The lowest BCUT2D eigenvalue weighted by atomic mass is 10.5. The number of nitrogens with zero attached hydrogens (tertiary/aromatic N) is 3. The van der Waals surface area contributed by atoms with E-state index in [0.29, 0.717) is 0 Å². The molecule has 0 radical (unpaired) electrons. The summed E-state index contributed by atoms with van der Waals surface area (Å²) in [7, 11) is 12.0. The van der Waals surface area contributed by atoms with E-state index in [-0.39, 0.29) is 0 Å². The van der Waals surface area contributed by atoms with Gasteiger partial charge in [-0.2, -0.15) is 0 Å². The van der Waals surface area contributed by atoms with E-state index in [4.69, 9.17) is 0 Å². The molecule has 94 valence electrons. The molecule has 0 heterocycles. The average molecular weight is 228 g/mol. The molecule has 4 nitrogen and oxygen atoms in total. The van der Waals surface area contributed by atoms with E-state index in [1.165, 1.54) is 0 Å². The van der Waals surface area contributed by atoms with Crippen LogP contribution in [0.3, 0.4) is 0 Å². The van der Waals surface area contributed by atoms with Gasteiger partial charge < -0.3 is 4.90 Å². The Morgan fingerprint density at radius 3 is 1.81 bits per heavy atom. The highest BCUT2D eigenvalue weighted by Crippen LogP contribution is 1.85. The quantitative estimate of drug-likeness (QED) is 0.433. The lowest BCUT2D eigenvalue weighted by Gasteiger charge is -2.04. The zero-order valence-corrected chi connectivity index (χ0v) is 12.1. The first-order chi connectivity index (χ1) is 7.41. The summed E-state index contributed by atoms with van der Waals surface area (Å²) >= 11 is 0. The van der Waals surface area contributed by atoms with Crippen molar-refractivity contribution in [2.45, 2.75) is 13.8 Å². The van der Waals surface area contributed by atoms with Gasteiger partial charge in [0.2, 0.25) is 18.3 Å². The average Bonchev–Trinajstić information content (AvgIpc) is 2.15. The molecule has 0 aliphatic heterocycles. The first-order valence-electron chi connectivity index (χ1n) is 5.57. The zero-order chi connectivity index (χ0) is 13.1. The van der Waals surface area contributed by atoms with Crippen molar-refractivity contribution < 1.29 is 9.15 Å². The Balaban J connectivity index is 0. The smallest absolute Gasteiger partial charge is 0.236 e. The van der Waals surface area contributed by atoms with Gasteiger partial charge in [0.1, 0.15) is 14.1 Å². The first kappa shape index (κ1) is 17.1. The van der Waals surface area contributed by atoms with Crippen molar-refractivity contribution in [2.75, 3.05) is 42.3 Å². The van der Waals surface area contributed by atoms with Crippen LogP contribution >= 0.6 is 0 Å². The minimum Gasteiger partial charge on any atom is -0.380 e. The van der Waals surface area contributed by atoms with Gasteiger partial charge in [0.05, 0.1) is 20.3 Å². The molecule has 4 heteroatoms. The van der Waals surface area contributed by atoms with Gasteiger partial charge in [-0.05, 0) is 0 Å². The minimum absolute atomic E-state index is 1.05. The molecule has 0 aliphatic carbocycles. The molecule has 0 spiro atoms. The van der Waals surface area contributed by atoms with E-state index in [1.807, 2.05) is 88.9 Å². The van der Waals surface area contributed by atoms with Gasteiger partial charge in [-0.15, -0.1) is 0 Å². The predicted molar refractivity (Wildman–Crippen MR) is 72.6 cm³/mol. The Hall–Kier alpha value is -1.32. The molecular weight excluding hydrogens is 200 g/mol.